The van der Waals surface area contributed by atoms with Gasteiger partial charge in [0.2, 0.25) is 5.91 Å². The Morgan fingerprint density at radius 2 is 2.30 bits per heavy atom. The molecule has 0 radical (unpaired) electrons. The molecule has 0 bridgehead atoms. The van der Waals surface area contributed by atoms with E-state index in [1.807, 2.05) is 6.92 Å². The quantitative estimate of drug-likeness (QED) is 0.699. The van der Waals surface area contributed by atoms with Gasteiger partial charge < -0.3 is 15.2 Å². The lowest BCUT2D eigenvalue weighted by atomic mass is 10.3. The van der Waals surface area contributed by atoms with E-state index in [1.165, 1.54) is 0 Å². The minimum Gasteiger partial charge on any atom is -0.365 e. The Morgan fingerprint density at radius 3 is 3.00 bits per heavy atom. The monoisotopic (exact) mass is 278 g/mol. The van der Waals surface area contributed by atoms with Gasteiger partial charge in [-0.2, -0.15) is 0 Å². The van der Waals surface area contributed by atoms with Crippen LogP contribution in [0.15, 0.2) is 17.2 Å². The Bertz CT molecular complexity index is 508. The van der Waals surface area contributed by atoms with Crippen molar-refractivity contribution in [2.75, 3.05) is 11.9 Å². The SMILES string of the molecule is CCCn1ccnc(NCCCC(=O)NC2CC2)c1=O. The number of amides is 1. The summed E-state index contributed by atoms with van der Waals surface area (Å²) in [5, 5.41) is 5.95. The van der Waals surface area contributed by atoms with E-state index < -0.39 is 0 Å². The van der Waals surface area contributed by atoms with Gasteiger partial charge in [-0.05, 0) is 25.7 Å². The predicted octanol–water partition coefficient (Wildman–Crippen LogP) is 1.12. The van der Waals surface area contributed by atoms with E-state index in [2.05, 4.69) is 15.6 Å². The number of hydrogen-bond donors (Lipinski definition) is 2. The van der Waals surface area contributed by atoms with Gasteiger partial charge in [-0.25, -0.2) is 4.98 Å². The summed E-state index contributed by atoms with van der Waals surface area (Å²) in [7, 11) is 0. The third-order valence-corrected chi connectivity index (χ3v) is 3.19. The zero-order chi connectivity index (χ0) is 14.4. The van der Waals surface area contributed by atoms with Crippen molar-refractivity contribution >= 4 is 11.7 Å². The molecule has 110 valence electrons. The minimum absolute atomic E-state index is 0.0960. The summed E-state index contributed by atoms with van der Waals surface area (Å²) in [6.07, 6.45) is 7.62. The van der Waals surface area contributed by atoms with Gasteiger partial charge in [-0.3, -0.25) is 9.59 Å². The van der Waals surface area contributed by atoms with Gasteiger partial charge in [0.05, 0.1) is 0 Å². The van der Waals surface area contributed by atoms with Crippen molar-refractivity contribution in [2.24, 2.45) is 0 Å². The number of aromatic nitrogens is 2. The molecular weight excluding hydrogens is 256 g/mol. The largest absolute Gasteiger partial charge is 0.365 e. The maximum absolute atomic E-state index is 12.0. The van der Waals surface area contributed by atoms with E-state index in [4.69, 9.17) is 0 Å². The van der Waals surface area contributed by atoms with Crippen LogP contribution in [0.1, 0.15) is 39.0 Å². The molecule has 0 atom stereocenters. The number of aryl methyl sites for hydroxylation is 1. The second-order valence-electron chi connectivity index (χ2n) is 5.15. The summed E-state index contributed by atoms with van der Waals surface area (Å²) < 4.78 is 1.65. The van der Waals surface area contributed by atoms with E-state index in [-0.39, 0.29) is 11.5 Å². The van der Waals surface area contributed by atoms with Crippen LogP contribution in [0.5, 0.6) is 0 Å². The number of carbonyl (C=O) groups excluding carboxylic acids is 1. The first kappa shape index (κ1) is 14.6. The highest BCUT2D eigenvalue weighted by molar-refractivity contribution is 5.76. The van der Waals surface area contributed by atoms with Gasteiger partial charge in [-0.15, -0.1) is 0 Å². The Morgan fingerprint density at radius 1 is 1.50 bits per heavy atom. The van der Waals surface area contributed by atoms with Gasteiger partial charge in [0.25, 0.3) is 5.56 Å². The second-order valence-corrected chi connectivity index (χ2v) is 5.15. The molecule has 6 nitrogen and oxygen atoms in total. The summed E-state index contributed by atoms with van der Waals surface area (Å²) in [5.41, 5.74) is -0.100. The molecule has 1 aliphatic rings. The molecule has 1 aromatic rings. The number of anilines is 1. The summed E-state index contributed by atoms with van der Waals surface area (Å²) in [6, 6.07) is 0.410. The fourth-order valence-corrected chi connectivity index (χ4v) is 1.97. The van der Waals surface area contributed by atoms with Gasteiger partial charge in [-0.1, -0.05) is 6.92 Å². The molecule has 1 aliphatic carbocycles. The Labute approximate surface area is 118 Å². The van der Waals surface area contributed by atoms with E-state index in [0.29, 0.717) is 37.8 Å². The van der Waals surface area contributed by atoms with Crippen LogP contribution in [0.2, 0.25) is 0 Å². The van der Waals surface area contributed by atoms with Crippen LogP contribution in [0, 0.1) is 0 Å². The summed E-state index contributed by atoms with van der Waals surface area (Å²) >= 11 is 0. The van der Waals surface area contributed by atoms with Crippen LogP contribution in [-0.4, -0.2) is 28.0 Å². The van der Waals surface area contributed by atoms with Crippen LogP contribution >= 0.6 is 0 Å². The van der Waals surface area contributed by atoms with E-state index in [0.717, 1.165) is 19.3 Å². The zero-order valence-electron chi connectivity index (χ0n) is 11.9. The van der Waals surface area contributed by atoms with E-state index in [9.17, 15) is 9.59 Å². The van der Waals surface area contributed by atoms with Crippen molar-refractivity contribution in [2.45, 2.75) is 51.6 Å². The van der Waals surface area contributed by atoms with E-state index in [1.54, 1.807) is 17.0 Å². The Hall–Kier alpha value is -1.85. The van der Waals surface area contributed by atoms with Crippen molar-refractivity contribution in [3.05, 3.63) is 22.7 Å². The Balaban J connectivity index is 1.74. The summed E-state index contributed by atoms with van der Waals surface area (Å²) in [5.74, 6) is 0.460. The van der Waals surface area contributed by atoms with Crippen LogP contribution in [0.25, 0.3) is 0 Å². The zero-order valence-corrected chi connectivity index (χ0v) is 11.9. The average Bonchev–Trinajstić information content (AvgIpc) is 3.23. The molecule has 0 aromatic carbocycles. The molecule has 0 aliphatic heterocycles. The van der Waals surface area contributed by atoms with Gasteiger partial charge in [0, 0.05) is 37.9 Å². The molecule has 0 spiro atoms. The van der Waals surface area contributed by atoms with Crippen LogP contribution < -0.4 is 16.2 Å². The molecule has 1 fully saturated rings. The highest BCUT2D eigenvalue weighted by Crippen LogP contribution is 2.18. The normalized spacial score (nSPS) is 14.1. The lowest BCUT2D eigenvalue weighted by molar-refractivity contribution is -0.121. The average molecular weight is 278 g/mol. The third kappa shape index (κ3) is 4.36. The molecule has 1 aromatic heterocycles. The molecular formula is C14H22N4O2. The molecule has 1 saturated carbocycles. The van der Waals surface area contributed by atoms with Gasteiger partial charge in [0.15, 0.2) is 5.82 Å². The Kier molecular flexibility index (Phi) is 5.15. The molecule has 0 unspecified atom stereocenters. The van der Waals surface area contributed by atoms with Crippen LogP contribution in [0.3, 0.4) is 0 Å². The first-order valence-corrected chi connectivity index (χ1v) is 7.29. The van der Waals surface area contributed by atoms with Crippen molar-refractivity contribution in [3.8, 4) is 0 Å². The lowest BCUT2D eigenvalue weighted by Gasteiger charge is -2.08. The maximum Gasteiger partial charge on any atom is 0.293 e. The topological polar surface area (TPSA) is 76.0 Å². The number of rotatable bonds is 8. The standard InChI is InChI=1S/C14H22N4O2/c1-2-9-18-10-8-16-13(14(18)20)15-7-3-4-12(19)17-11-5-6-11/h8,10-11H,2-7,9H2,1H3,(H,15,16)(H,17,19). The van der Waals surface area contributed by atoms with Crippen LogP contribution in [-0.2, 0) is 11.3 Å². The lowest BCUT2D eigenvalue weighted by Crippen LogP contribution is -2.27. The van der Waals surface area contributed by atoms with Crippen molar-refractivity contribution < 1.29 is 4.79 Å². The van der Waals surface area contributed by atoms with Crippen molar-refractivity contribution in [3.63, 3.8) is 0 Å². The van der Waals surface area contributed by atoms with Crippen molar-refractivity contribution in [1.82, 2.24) is 14.9 Å². The smallest absolute Gasteiger partial charge is 0.293 e. The number of carbonyl (C=O) groups is 1. The molecule has 0 saturated heterocycles. The van der Waals surface area contributed by atoms with Gasteiger partial charge >= 0.3 is 0 Å². The molecule has 1 heterocycles. The predicted molar refractivity (Wildman–Crippen MR) is 77.7 cm³/mol. The highest BCUT2D eigenvalue weighted by atomic mass is 16.1. The number of nitrogens with zero attached hydrogens (tertiary/aromatic N) is 2. The van der Waals surface area contributed by atoms with Crippen LogP contribution in [0.4, 0.5) is 5.82 Å². The first-order valence-electron chi connectivity index (χ1n) is 7.29. The minimum atomic E-state index is -0.100. The molecule has 2 N–H and O–H groups in total. The highest BCUT2D eigenvalue weighted by Gasteiger charge is 2.22. The summed E-state index contributed by atoms with van der Waals surface area (Å²) in [4.78, 5) is 27.5. The molecule has 2 rings (SSSR count). The molecule has 1 amide bonds. The fourth-order valence-electron chi connectivity index (χ4n) is 1.97. The molecule has 6 heteroatoms. The van der Waals surface area contributed by atoms with Gasteiger partial charge in [0.1, 0.15) is 0 Å². The fraction of sp³-hybridized carbons (Fsp3) is 0.643. The maximum atomic E-state index is 12.0. The second kappa shape index (κ2) is 7.07. The number of hydrogen-bond acceptors (Lipinski definition) is 4. The summed E-state index contributed by atoms with van der Waals surface area (Å²) in [6.45, 7) is 3.30. The molecule has 20 heavy (non-hydrogen) atoms. The third-order valence-electron chi connectivity index (χ3n) is 3.19. The van der Waals surface area contributed by atoms with E-state index >= 15 is 0 Å². The number of nitrogens with one attached hydrogen (secondary N) is 2. The first-order chi connectivity index (χ1) is 9.70. The van der Waals surface area contributed by atoms with Crippen molar-refractivity contribution in [1.29, 1.82) is 0 Å².